The first-order valence-corrected chi connectivity index (χ1v) is 7.96. The molecule has 0 aliphatic carbocycles. The molecule has 1 fully saturated rings. The van der Waals surface area contributed by atoms with Crippen LogP contribution in [0.2, 0.25) is 0 Å². The standard InChI is InChI=1S/C19H22N2O/c22-19(13-15-5-2-1-3-6-15)21-18-8-4-7-17(14-18)16-9-11-20-12-10-16/h1-8,14,16,20H,9-13H2,(H,21,22). The minimum Gasteiger partial charge on any atom is -0.326 e. The van der Waals surface area contributed by atoms with Gasteiger partial charge in [-0.2, -0.15) is 0 Å². The molecule has 1 heterocycles. The molecule has 2 N–H and O–H groups in total. The second kappa shape index (κ2) is 7.23. The van der Waals surface area contributed by atoms with Crippen LogP contribution >= 0.6 is 0 Å². The fraction of sp³-hybridized carbons (Fsp3) is 0.316. The van der Waals surface area contributed by atoms with E-state index in [1.165, 1.54) is 18.4 Å². The molecule has 2 aromatic rings. The van der Waals surface area contributed by atoms with Crippen molar-refractivity contribution in [1.82, 2.24) is 5.32 Å². The second-order valence-electron chi connectivity index (χ2n) is 5.86. The Balaban J connectivity index is 1.63. The van der Waals surface area contributed by atoms with Crippen LogP contribution in [0.4, 0.5) is 5.69 Å². The Morgan fingerprint density at radius 2 is 1.82 bits per heavy atom. The number of nitrogens with one attached hydrogen (secondary N) is 2. The van der Waals surface area contributed by atoms with Crippen LogP contribution in [0.5, 0.6) is 0 Å². The highest BCUT2D eigenvalue weighted by Crippen LogP contribution is 2.27. The zero-order chi connectivity index (χ0) is 15.2. The fourth-order valence-corrected chi connectivity index (χ4v) is 3.01. The van der Waals surface area contributed by atoms with Gasteiger partial charge < -0.3 is 10.6 Å². The molecule has 114 valence electrons. The molecule has 0 unspecified atom stereocenters. The van der Waals surface area contributed by atoms with Crippen LogP contribution in [0.1, 0.15) is 29.9 Å². The summed E-state index contributed by atoms with van der Waals surface area (Å²) in [4.78, 5) is 12.1. The molecule has 0 saturated carbocycles. The van der Waals surface area contributed by atoms with E-state index in [0.29, 0.717) is 12.3 Å². The molecule has 0 atom stereocenters. The summed E-state index contributed by atoms with van der Waals surface area (Å²) in [5.41, 5.74) is 3.27. The summed E-state index contributed by atoms with van der Waals surface area (Å²) >= 11 is 0. The van der Waals surface area contributed by atoms with Gasteiger partial charge in [-0.15, -0.1) is 0 Å². The highest BCUT2D eigenvalue weighted by atomic mass is 16.1. The van der Waals surface area contributed by atoms with Crippen molar-refractivity contribution in [2.24, 2.45) is 0 Å². The van der Waals surface area contributed by atoms with E-state index in [9.17, 15) is 4.79 Å². The lowest BCUT2D eigenvalue weighted by Crippen LogP contribution is -2.26. The molecule has 3 rings (SSSR count). The van der Waals surface area contributed by atoms with Gasteiger partial charge in [-0.3, -0.25) is 4.79 Å². The number of carbonyl (C=O) groups excluding carboxylic acids is 1. The summed E-state index contributed by atoms with van der Waals surface area (Å²) < 4.78 is 0. The molecular weight excluding hydrogens is 272 g/mol. The highest BCUT2D eigenvalue weighted by molar-refractivity contribution is 5.92. The first-order valence-electron chi connectivity index (χ1n) is 7.96. The third kappa shape index (κ3) is 3.95. The molecule has 0 spiro atoms. The summed E-state index contributed by atoms with van der Waals surface area (Å²) in [5.74, 6) is 0.640. The Kier molecular flexibility index (Phi) is 4.86. The van der Waals surface area contributed by atoms with Crippen LogP contribution in [0, 0.1) is 0 Å². The van der Waals surface area contributed by atoms with E-state index in [1.807, 2.05) is 42.5 Å². The lowest BCUT2D eigenvalue weighted by molar-refractivity contribution is -0.115. The Hall–Kier alpha value is -2.13. The topological polar surface area (TPSA) is 41.1 Å². The smallest absolute Gasteiger partial charge is 0.228 e. The summed E-state index contributed by atoms with van der Waals surface area (Å²) in [5, 5.41) is 6.40. The third-order valence-corrected chi connectivity index (χ3v) is 4.19. The lowest BCUT2D eigenvalue weighted by Gasteiger charge is -2.23. The van der Waals surface area contributed by atoms with Crippen LogP contribution in [-0.2, 0) is 11.2 Å². The van der Waals surface area contributed by atoms with Crippen molar-refractivity contribution in [2.45, 2.75) is 25.2 Å². The number of amides is 1. The average molecular weight is 294 g/mol. The van der Waals surface area contributed by atoms with Gasteiger partial charge in [-0.05, 0) is 55.1 Å². The predicted molar refractivity (Wildman–Crippen MR) is 90.1 cm³/mol. The molecule has 3 heteroatoms. The van der Waals surface area contributed by atoms with Gasteiger partial charge in [0.2, 0.25) is 5.91 Å². The van der Waals surface area contributed by atoms with Crippen molar-refractivity contribution in [3.05, 3.63) is 65.7 Å². The van der Waals surface area contributed by atoms with Crippen LogP contribution < -0.4 is 10.6 Å². The van der Waals surface area contributed by atoms with E-state index in [-0.39, 0.29) is 5.91 Å². The van der Waals surface area contributed by atoms with Gasteiger partial charge in [0, 0.05) is 5.69 Å². The van der Waals surface area contributed by atoms with Crippen molar-refractivity contribution in [3.8, 4) is 0 Å². The molecule has 22 heavy (non-hydrogen) atoms. The number of benzene rings is 2. The Labute approximate surface area is 131 Å². The number of piperidine rings is 1. The quantitative estimate of drug-likeness (QED) is 0.908. The molecule has 1 aliphatic heterocycles. The largest absolute Gasteiger partial charge is 0.326 e. The Bertz CT molecular complexity index is 618. The Morgan fingerprint density at radius 3 is 2.59 bits per heavy atom. The molecule has 1 aliphatic rings. The van der Waals surface area contributed by atoms with Crippen LogP contribution in [0.25, 0.3) is 0 Å². The van der Waals surface area contributed by atoms with Crippen LogP contribution in [-0.4, -0.2) is 19.0 Å². The molecule has 0 bridgehead atoms. The van der Waals surface area contributed by atoms with Gasteiger partial charge in [0.05, 0.1) is 6.42 Å². The molecule has 1 saturated heterocycles. The van der Waals surface area contributed by atoms with Gasteiger partial charge in [0.15, 0.2) is 0 Å². The molecule has 3 nitrogen and oxygen atoms in total. The minimum absolute atomic E-state index is 0.0358. The number of anilines is 1. The molecule has 0 aromatic heterocycles. The maximum atomic E-state index is 12.1. The Morgan fingerprint density at radius 1 is 1.05 bits per heavy atom. The fourth-order valence-electron chi connectivity index (χ4n) is 3.01. The van der Waals surface area contributed by atoms with Crippen LogP contribution in [0.15, 0.2) is 54.6 Å². The number of rotatable bonds is 4. The molecule has 2 aromatic carbocycles. The monoisotopic (exact) mass is 294 g/mol. The maximum absolute atomic E-state index is 12.1. The number of hydrogen-bond donors (Lipinski definition) is 2. The second-order valence-corrected chi connectivity index (χ2v) is 5.86. The average Bonchev–Trinajstić information content (AvgIpc) is 2.57. The SMILES string of the molecule is O=C(Cc1ccccc1)Nc1cccc(C2CCNCC2)c1. The van der Waals surface area contributed by atoms with Crippen molar-refractivity contribution in [2.75, 3.05) is 18.4 Å². The highest BCUT2D eigenvalue weighted by Gasteiger charge is 2.15. The number of hydrogen-bond acceptors (Lipinski definition) is 2. The van der Waals surface area contributed by atoms with Crippen molar-refractivity contribution >= 4 is 11.6 Å². The van der Waals surface area contributed by atoms with E-state index in [2.05, 4.69) is 22.8 Å². The zero-order valence-corrected chi connectivity index (χ0v) is 12.7. The summed E-state index contributed by atoms with van der Waals surface area (Å²) in [6, 6.07) is 18.1. The van der Waals surface area contributed by atoms with E-state index < -0.39 is 0 Å². The van der Waals surface area contributed by atoms with E-state index in [0.717, 1.165) is 24.3 Å². The summed E-state index contributed by atoms with van der Waals surface area (Å²) in [6.45, 7) is 2.16. The maximum Gasteiger partial charge on any atom is 0.228 e. The van der Waals surface area contributed by atoms with Gasteiger partial charge in [0.25, 0.3) is 0 Å². The van der Waals surface area contributed by atoms with E-state index in [1.54, 1.807) is 0 Å². The van der Waals surface area contributed by atoms with Gasteiger partial charge in [-0.1, -0.05) is 42.5 Å². The van der Waals surface area contributed by atoms with Crippen molar-refractivity contribution < 1.29 is 4.79 Å². The normalized spacial score (nSPS) is 15.5. The van der Waals surface area contributed by atoms with Gasteiger partial charge >= 0.3 is 0 Å². The lowest BCUT2D eigenvalue weighted by atomic mass is 9.90. The molecule has 0 radical (unpaired) electrons. The van der Waals surface area contributed by atoms with Gasteiger partial charge in [-0.25, -0.2) is 0 Å². The van der Waals surface area contributed by atoms with Gasteiger partial charge in [0.1, 0.15) is 0 Å². The first kappa shape index (κ1) is 14.8. The van der Waals surface area contributed by atoms with E-state index in [4.69, 9.17) is 0 Å². The third-order valence-electron chi connectivity index (χ3n) is 4.19. The van der Waals surface area contributed by atoms with Crippen LogP contribution in [0.3, 0.4) is 0 Å². The summed E-state index contributed by atoms with van der Waals surface area (Å²) in [6.07, 6.45) is 2.75. The molecular formula is C19H22N2O. The van der Waals surface area contributed by atoms with E-state index >= 15 is 0 Å². The molecule has 1 amide bonds. The van der Waals surface area contributed by atoms with Crippen molar-refractivity contribution in [1.29, 1.82) is 0 Å². The number of carbonyl (C=O) groups is 1. The minimum atomic E-state index is 0.0358. The predicted octanol–water partition coefficient (Wildman–Crippen LogP) is 3.33. The van der Waals surface area contributed by atoms with Crippen molar-refractivity contribution in [3.63, 3.8) is 0 Å². The first-order chi connectivity index (χ1) is 10.8. The summed E-state index contributed by atoms with van der Waals surface area (Å²) in [7, 11) is 0. The zero-order valence-electron chi connectivity index (χ0n) is 12.7.